The van der Waals surface area contributed by atoms with Crippen LogP contribution >= 0.6 is 0 Å². The van der Waals surface area contributed by atoms with Crippen LogP contribution < -0.4 is 10.6 Å². The van der Waals surface area contributed by atoms with Gasteiger partial charge >= 0.3 is 0 Å². The van der Waals surface area contributed by atoms with Gasteiger partial charge in [-0.2, -0.15) is 0 Å². The van der Waals surface area contributed by atoms with Gasteiger partial charge in [0.15, 0.2) is 0 Å². The van der Waals surface area contributed by atoms with E-state index in [0.717, 1.165) is 19.0 Å². The van der Waals surface area contributed by atoms with Gasteiger partial charge < -0.3 is 10.6 Å². The zero-order chi connectivity index (χ0) is 9.80. The summed E-state index contributed by atoms with van der Waals surface area (Å²) in [6.45, 7) is 1.92. The molecule has 0 spiro atoms. The minimum atomic E-state index is 0.214. The van der Waals surface area contributed by atoms with Crippen LogP contribution in [0.3, 0.4) is 0 Å². The van der Waals surface area contributed by atoms with Crippen LogP contribution in [0.5, 0.6) is 0 Å². The van der Waals surface area contributed by atoms with E-state index in [2.05, 4.69) is 10.6 Å². The highest BCUT2D eigenvalue weighted by Crippen LogP contribution is 2.31. The van der Waals surface area contributed by atoms with Crippen LogP contribution in [-0.4, -0.2) is 25.0 Å². The predicted molar refractivity (Wildman–Crippen MR) is 56.0 cm³/mol. The van der Waals surface area contributed by atoms with Gasteiger partial charge in [-0.25, -0.2) is 0 Å². The fourth-order valence-electron chi connectivity index (χ4n) is 1.57. The largest absolute Gasteiger partial charge is 0.353 e. The van der Waals surface area contributed by atoms with Crippen LogP contribution in [0.1, 0.15) is 38.5 Å². The zero-order valence-corrected chi connectivity index (χ0v) is 8.72. The fraction of sp³-hybridized carbons (Fsp3) is 0.909. The molecule has 3 nitrogen and oxygen atoms in total. The predicted octanol–water partition coefficient (Wildman–Crippen LogP) is 1.04. The summed E-state index contributed by atoms with van der Waals surface area (Å²) in [6.07, 6.45) is 7.14. The van der Waals surface area contributed by atoms with Crippen LogP contribution in [0, 0.1) is 5.92 Å². The fourth-order valence-corrected chi connectivity index (χ4v) is 1.57. The topological polar surface area (TPSA) is 41.1 Å². The third kappa shape index (κ3) is 4.09. The summed E-state index contributed by atoms with van der Waals surface area (Å²) in [5, 5.41) is 6.31. The van der Waals surface area contributed by atoms with Crippen molar-refractivity contribution in [3.63, 3.8) is 0 Å². The summed E-state index contributed by atoms with van der Waals surface area (Å²) in [4.78, 5) is 11.3. The first-order valence-electron chi connectivity index (χ1n) is 5.84. The first-order chi connectivity index (χ1) is 6.84. The molecular weight excluding hydrogens is 176 g/mol. The van der Waals surface area contributed by atoms with Gasteiger partial charge in [-0.15, -0.1) is 0 Å². The van der Waals surface area contributed by atoms with Crippen molar-refractivity contribution in [1.29, 1.82) is 0 Å². The molecule has 0 aromatic rings. The van der Waals surface area contributed by atoms with Crippen molar-refractivity contribution >= 4 is 5.91 Å². The van der Waals surface area contributed by atoms with Crippen molar-refractivity contribution in [2.24, 2.45) is 5.92 Å². The van der Waals surface area contributed by atoms with Crippen LogP contribution in [0.2, 0.25) is 0 Å². The lowest BCUT2D eigenvalue weighted by Crippen LogP contribution is -2.29. The third-order valence-electron chi connectivity index (χ3n) is 2.90. The van der Waals surface area contributed by atoms with E-state index in [0.29, 0.717) is 12.5 Å². The summed E-state index contributed by atoms with van der Waals surface area (Å²) in [6, 6.07) is 0.508. The molecule has 2 aliphatic carbocycles. The van der Waals surface area contributed by atoms with E-state index in [9.17, 15) is 4.79 Å². The quantitative estimate of drug-likeness (QED) is 0.597. The highest BCUT2D eigenvalue weighted by atomic mass is 16.1. The minimum absolute atomic E-state index is 0.214. The molecule has 0 radical (unpaired) electrons. The Bertz CT molecular complexity index is 197. The second-order valence-corrected chi connectivity index (χ2v) is 4.57. The molecule has 0 saturated heterocycles. The van der Waals surface area contributed by atoms with Crippen LogP contribution in [-0.2, 0) is 4.79 Å². The Kier molecular flexibility index (Phi) is 3.40. The molecule has 14 heavy (non-hydrogen) atoms. The maximum atomic E-state index is 11.3. The van der Waals surface area contributed by atoms with E-state index in [1.165, 1.54) is 32.1 Å². The molecule has 2 saturated carbocycles. The van der Waals surface area contributed by atoms with Gasteiger partial charge in [0.1, 0.15) is 0 Å². The van der Waals surface area contributed by atoms with Crippen molar-refractivity contribution in [2.75, 3.05) is 13.1 Å². The molecule has 0 heterocycles. The Hall–Kier alpha value is -0.570. The third-order valence-corrected chi connectivity index (χ3v) is 2.90. The Morgan fingerprint density at radius 1 is 1.14 bits per heavy atom. The lowest BCUT2D eigenvalue weighted by Gasteiger charge is -2.04. The number of hydrogen-bond donors (Lipinski definition) is 2. The molecule has 2 fully saturated rings. The van der Waals surface area contributed by atoms with Gasteiger partial charge in [0, 0.05) is 19.0 Å². The number of nitrogens with one attached hydrogen (secondary N) is 2. The lowest BCUT2D eigenvalue weighted by atomic mass is 10.3. The number of amides is 1. The number of carbonyl (C=O) groups is 1. The van der Waals surface area contributed by atoms with E-state index < -0.39 is 0 Å². The molecule has 0 aromatic carbocycles. The van der Waals surface area contributed by atoms with Crippen molar-refractivity contribution < 1.29 is 4.79 Å². The lowest BCUT2D eigenvalue weighted by molar-refractivity contribution is -0.121. The summed E-state index contributed by atoms with van der Waals surface area (Å²) >= 11 is 0. The molecule has 2 aliphatic rings. The molecule has 2 N–H and O–H groups in total. The smallest absolute Gasteiger partial charge is 0.221 e. The average molecular weight is 196 g/mol. The Morgan fingerprint density at radius 3 is 2.57 bits per heavy atom. The van der Waals surface area contributed by atoms with Gasteiger partial charge in [-0.3, -0.25) is 4.79 Å². The summed E-state index contributed by atoms with van der Waals surface area (Å²) in [7, 11) is 0. The van der Waals surface area contributed by atoms with E-state index in [1.807, 2.05) is 0 Å². The SMILES string of the molecule is O=C(CCNCCC1CC1)NC1CC1. The van der Waals surface area contributed by atoms with E-state index in [1.54, 1.807) is 0 Å². The van der Waals surface area contributed by atoms with Crippen LogP contribution in [0.4, 0.5) is 0 Å². The average Bonchev–Trinajstić information content (AvgIpc) is 2.97. The highest BCUT2D eigenvalue weighted by molar-refractivity contribution is 5.76. The van der Waals surface area contributed by atoms with Gasteiger partial charge in [-0.1, -0.05) is 12.8 Å². The molecule has 0 bridgehead atoms. The Labute approximate surface area is 85.6 Å². The molecular formula is C11H20N2O. The maximum Gasteiger partial charge on any atom is 0.221 e. The second-order valence-electron chi connectivity index (χ2n) is 4.57. The molecule has 80 valence electrons. The summed E-state index contributed by atoms with van der Waals surface area (Å²) in [5.41, 5.74) is 0. The zero-order valence-electron chi connectivity index (χ0n) is 8.72. The molecule has 0 aromatic heterocycles. The van der Waals surface area contributed by atoms with Crippen molar-refractivity contribution in [3.8, 4) is 0 Å². The Balaban J connectivity index is 1.39. The number of rotatable bonds is 7. The Morgan fingerprint density at radius 2 is 1.93 bits per heavy atom. The molecule has 0 atom stereocenters. The van der Waals surface area contributed by atoms with Gasteiger partial charge in [-0.05, 0) is 31.7 Å². The molecule has 3 heteroatoms. The molecule has 0 unspecified atom stereocenters. The first-order valence-corrected chi connectivity index (χ1v) is 5.84. The van der Waals surface area contributed by atoms with Crippen molar-refractivity contribution in [2.45, 2.75) is 44.6 Å². The van der Waals surface area contributed by atoms with E-state index in [4.69, 9.17) is 0 Å². The van der Waals surface area contributed by atoms with Crippen LogP contribution in [0.25, 0.3) is 0 Å². The normalized spacial score (nSPS) is 20.9. The van der Waals surface area contributed by atoms with Gasteiger partial charge in [0.2, 0.25) is 5.91 Å². The van der Waals surface area contributed by atoms with E-state index >= 15 is 0 Å². The summed E-state index contributed by atoms with van der Waals surface area (Å²) < 4.78 is 0. The first kappa shape index (κ1) is 9.97. The van der Waals surface area contributed by atoms with Crippen LogP contribution in [0.15, 0.2) is 0 Å². The van der Waals surface area contributed by atoms with Crippen molar-refractivity contribution in [3.05, 3.63) is 0 Å². The van der Waals surface area contributed by atoms with Crippen molar-refractivity contribution in [1.82, 2.24) is 10.6 Å². The second kappa shape index (κ2) is 4.78. The molecule has 1 amide bonds. The molecule has 2 rings (SSSR count). The number of carbonyl (C=O) groups excluding carboxylic acids is 1. The number of hydrogen-bond acceptors (Lipinski definition) is 2. The minimum Gasteiger partial charge on any atom is -0.353 e. The maximum absolute atomic E-state index is 11.3. The van der Waals surface area contributed by atoms with E-state index in [-0.39, 0.29) is 5.91 Å². The monoisotopic (exact) mass is 196 g/mol. The summed E-state index contributed by atoms with van der Waals surface area (Å²) in [5.74, 6) is 1.20. The highest BCUT2D eigenvalue weighted by Gasteiger charge is 2.23. The molecule has 0 aliphatic heterocycles. The standard InChI is InChI=1S/C11H20N2O/c14-11(13-10-3-4-10)6-8-12-7-5-9-1-2-9/h9-10,12H,1-8H2,(H,13,14). The van der Waals surface area contributed by atoms with Gasteiger partial charge in [0.25, 0.3) is 0 Å². The van der Waals surface area contributed by atoms with Gasteiger partial charge in [0.05, 0.1) is 0 Å².